The zero-order valence-corrected chi connectivity index (χ0v) is 17.5. The summed E-state index contributed by atoms with van der Waals surface area (Å²) in [4.78, 5) is 24.9. The fourth-order valence-corrected chi connectivity index (χ4v) is 4.03. The number of thiophene rings is 1. The molecule has 0 unspecified atom stereocenters. The number of nitrogens with one attached hydrogen (secondary N) is 1. The molecule has 0 saturated heterocycles. The van der Waals surface area contributed by atoms with Gasteiger partial charge >= 0.3 is 5.97 Å². The second-order valence-electron chi connectivity index (χ2n) is 5.80. The Labute approximate surface area is 176 Å². The molecule has 0 saturated carbocycles. The summed E-state index contributed by atoms with van der Waals surface area (Å²) in [7, 11) is 4.55. The van der Waals surface area contributed by atoms with Crippen LogP contribution in [0.15, 0.2) is 36.4 Å². The molecule has 0 radical (unpaired) electrons. The molecule has 1 N–H and O–H groups in total. The number of amides is 1. The van der Waals surface area contributed by atoms with Crippen LogP contribution in [-0.4, -0.2) is 39.8 Å². The van der Waals surface area contributed by atoms with Crippen molar-refractivity contribution in [3.05, 3.63) is 46.3 Å². The molecule has 0 aliphatic rings. The molecule has 9 heteroatoms. The van der Waals surface area contributed by atoms with Gasteiger partial charge in [0.15, 0.2) is 6.61 Å². The van der Waals surface area contributed by atoms with Crippen molar-refractivity contribution >= 4 is 50.6 Å². The van der Waals surface area contributed by atoms with Crippen molar-refractivity contribution in [2.45, 2.75) is 0 Å². The Balaban J connectivity index is 1.69. The summed E-state index contributed by atoms with van der Waals surface area (Å²) < 4.78 is 21.4. The van der Waals surface area contributed by atoms with Gasteiger partial charge in [-0.1, -0.05) is 11.6 Å². The SMILES string of the molecule is COc1ccc(OC)c(NC(=O)COC(=O)c2sc3cc(OC)ccc3c2Cl)c1. The molecule has 1 heterocycles. The minimum absolute atomic E-state index is 0.224. The highest BCUT2D eigenvalue weighted by Crippen LogP contribution is 2.37. The fourth-order valence-electron chi connectivity index (χ4n) is 2.60. The fraction of sp³-hybridized carbons (Fsp3) is 0.200. The van der Waals surface area contributed by atoms with Crippen molar-refractivity contribution in [3.8, 4) is 17.2 Å². The predicted octanol–water partition coefficient (Wildman–Crippen LogP) is 4.38. The maximum absolute atomic E-state index is 12.4. The number of halogens is 1. The Bertz CT molecular complexity index is 1060. The minimum Gasteiger partial charge on any atom is -0.497 e. The van der Waals surface area contributed by atoms with E-state index in [2.05, 4.69) is 5.32 Å². The van der Waals surface area contributed by atoms with E-state index < -0.39 is 18.5 Å². The zero-order chi connectivity index (χ0) is 21.0. The predicted molar refractivity (Wildman–Crippen MR) is 112 cm³/mol. The van der Waals surface area contributed by atoms with Gasteiger partial charge in [0.05, 0.1) is 32.0 Å². The average Bonchev–Trinajstić information content (AvgIpc) is 3.07. The molecular weight excluding hydrogens is 418 g/mol. The summed E-state index contributed by atoms with van der Waals surface area (Å²) in [5, 5.41) is 3.63. The van der Waals surface area contributed by atoms with Crippen molar-refractivity contribution in [1.29, 1.82) is 0 Å². The summed E-state index contributed by atoms with van der Waals surface area (Å²) in [5.74, 6) is 0.450. The second-order valence-corrected chi connectivity index (χ2v) is 7.23. The standard InChI is InChI=1S/C20H18ClNO6S/c1-25-11-5-7-15(27-3)14(8-11)22-17(23)10-28-20(24)19-18(21)13-6-4-12(26-2)9-16(13)29-19/h4-9H,10H2,1-3H3,(H,22,23). The molecule has 1 amide bonds. The molecule has 7 nitrogen and oxygen atoms in total. The van der Waals surface area contributed by atoms with Gasteiger partial charge in [0.25, 0.3) is 5.91 Å². The number of rotatable bonds is 7. The molecule has 0 bridgehead atoms. The van der Waals surface area contributed by atoms with Crippen molar-refractivity contribution in [1.82, 2.24) is 0 Å². The Morgan fingerprint density at radius 1 is 1.00 bits per heavy atom. The van der Waals surface area contributed by atoms with Crippen molar-refractivity contribution in [2.75, 3.05) is 33.3 Å². The maximum atomic E-state index is 12.4. The quantitative estimate of drug-likeness (QED) is 0.554. The first-order valence-corrected chi connectivity index (χ1v) is 9.61. The first kappa shape index (κ1) is 20.8. The maximum Gasteiger partial charge on any atom is 0.350 e. The largest absolute Gasteiger partial charge is 0.497 e. The first-order chi connectivity index (χ1) is 14.0. The van der Waals surface area contributed by atoms with Gasteiger partial charge in [-0.05, 0) is 30.3 Å². The highest BCUT2D eigenvalue weighted by molar-refractivity contribution is 7.21. The normalized spacial score (nSPS) is 10.5. The molecule has 0 fully saturated rings. The molecule has 0 aliphatic carbocycles. The van der Waals surface area contributed by atoms with Gasteiger partial charge in [-0.2, -0.15) is 0 Å². The van der Waals surface area contributed by atoms with Crippen LogP contribution in [0, 0.1) is 0 Å². The van der Waals surface area contributed by atoms with E-state index in [-0.39, 0.29) is 9.90 Å². The number of methoxy groups -OCH3 is 3. The van der Waals surface area contributed by atoms with Crippen molar-refractivity contribution < 1.29 is 28.5 Å². The summed E-state index contributed by atoms with van der Waals surface area (Å²) >= 11 is 7.48. The molecule has 152 valence electrons. The van der Waals surface area contributed by atoms with Crippen LogP contribution in [0.1, 0.15) is 9.67 Å². The monoisotopic (exact) mass is 435 g/mol. The Morgan fingerprint density at radius 3 is 2.38 bits per heavy atom. The van der Waals surface area contributed by atoms with Crippen LogP contribution in [0.4, 0.5) is 5.69 Å². The van der Waals surface area contributed by atoms with Crippen molar-refractivity contribution in [2.24, 2.45) is 0 Å². The van der Waals surface area contributed by atoms with Gasteiger partial charge in [-0.3, -0.25) is 4.79 Å². The van der Waals surface area contributed by atoms with Crippen LogP contribution in [0.2, 0.25) is 5.02 Å². The third-order valence-corrected chi connectivity index (χ3v) is 5.67. The highest BCUT2D eigenvalue weighted by Gasteiger charge is 2.20. The van der Waals surface area contributed by atoms with Gasteiger partial charge in [-0.25, -0.2) is 4.79 Å². The second kappa shape index (κ2) is 9.02. The summed E-state index contributed by atoms with van der Waals surface area (Å²) in [6, 6.07) is 10.3. The first-order valence-electron chi connectivity index (χ1n) is 8.42. The molecule has 3 rings (SSSR count). The minimum atomic E-state index is -0.678. The average molecular weight is 436 g/mol. The van der Waals surface area contributed by atoms with Gasteiger partial charge in [0.1, 0.15) is 22.1 Å². The summed E-state index contributed by atoms with van der Waals surface area (Å²) in [6.45, 7) is -0.479. The Kier molecular flexibility index (Phi) is 6.46. The van der Waals surface area contributed by atoms with E-state index in [1.54, 1.807) is 43.5 Å². The van der Waals surface area contributed by atoms with E-state index >= 15 is 0 Å². The van der Waals surface area contributed by atoms with E-state index in [9.17, 15) is 9.59 Å². The van der Waals surface area contributed by atoms with Crippen molar-refractivity contribution in [3.63, 3.8) is 0 Å². The number of carbonyl (C=O) groups is 2. The highest BCUT2D eigenvalue weighted by atomic mass is 35.5. The molecule has 1 aromatic heterocycles. The lowest BCUT2D eigenvalue weighted by atomic mass is 10.2. The number of ether oxygens (including phenoxy) is 4. The number of esters is 1. The van der Waals surface area contributed by atoms with Gasteiger partial charge in [0, 0.05) is 16.2 Å². The van der Waals surface area contributed by atoms with E-state index in [1.807, 2.05) is 0 Å². The van der Waals surface area contributed by atoms with E-state index in [1.165, 1.54) is 25.6 Å². The lowest BCUT2D eigenvalue weighted by Crippen LogP contribution is -2.21. The molecule has 2 aromatic carbocycles. The molecule has 0 aliphatic heterocycles. The van der Waals surface area contributed by atoms with E-state index in [4.69, 9.17) is 30.5 Å². The smallest absolute Gasteiger partial charge is 0.350 e. The summed E-state index contributed by atoms with van der Waals surface area (Å²) in [6.07, 6.45) is 0. The van der Waals surface area contributed by atoms with E-state index in [0.29, 0.717) is 22.9 Å². The topological polar surface area (TPSA) is 83.1 Å². The van der Waals surface area contributed by atoms with Crippen LogP contribution in [0.3, 0.4) is 0 Å². The third kappa shape index (κ3) is 4.55. The number of anilines is 1. The van der Waals surface area contributed by atoms with Crippen LogP contribution in [0.5, 0.6) is 17.2 Å². The number of hydrogen-bond acceptors (Lipinski definition) is 7. The van der Waals surface area contributed by atoms with Gasteiger partial charge in [0.2, 0.25) is 0 Å². The summed E-state index contributed by atoms with van der Waals surface area (Å²) in [5.41, 5.74) is 0.403. The zero-order valence-electron chi connectivity index (χ0n) is 15.9. The van der Waals surface area contributed by atoms with Crippen LogP contribution >= 0.6 is 22.9 Å². The van der Waals surface area contributed by atoms with E-state index in [0.717, 1.165) is 10.1 Å². The van der Waals surface area contributed by atoms with Crippen LogP contribution in [-0.2, 0) is 9.53 Å². The molecule has 29 heavy (non-hydrogen) atoms. The number of benzene rings is 2. The van der Waals surface area contributed by atoms with Gasteiger partial charge in [-0.15, -0.1) is 11.3 Å². The lowest BCUT2D eigenvalue weighted by molar-refractivity contribution is -0.119. The van der Waals surface area contributed by atoms with Gasteiger partial charge < -0.3 is 24.3 Å². The number of fused-ring (bicyclic) bond motifs is 1. The Hall–Kier alpha value is -2.97. The molecule has 3 aromatic rings. The van der Waals surface area contributed by atoms with Crippen LogP contribution in [0.25, 0.3) is 10.1 Å². The number of hydrogen-bond donors (Lipinski definition) is 1. The Morgan fingerprint density at radius 2 is 1.69 bits per heavy atom. The molecule has 0 spiro atoms. The molecule has 0 atom stereocenters. The molecular formula is C20H18ClNO6S. The van der Waals surface area contributed by atoms with Crippen LogP contribution < -0.4 is 19.5 Å². The number of carbonyl (C=O) groups excluding carboxylic acids is 2. The lowest BCUT2D eigenvalue weighted by Gasteiger charge is -2.11. The third-order valence-electron chi connectivity index (χ3n) is 4.04.